The van der Waals surface area contributed by atoms with Gasteiger partial charge in [0, 0.05) is 11.1 Å². The van der Waals surface area contributed by atoms with E-state index in [0.717, 1.165) is 34.9 Å². The topological polar surface area (TPSA) is 55.8 Å². The van der Waals surface area contributed by atoms with Crippen LogP contribution in [0.4, 0.5) is 0 Å². The second kappa shape index (κ2) is 10.9. The first kappa shape index (κ1) is 21.2. The molecule has 3 aromatic carbocycles. The van der Waals surface area contributed by atoms with Crippen LogP contribution in [0.2, 0.25) is 0 Å². The summed E-state index contributed by atoms with van der Waals surface area (Å²) in [7, 11) is 1.35. The van der Waals surface area contributed by atoms with Gasteiger partial charge >= 0.3 is 5.97 Å². The molecule has 0 saturated carbocycles. The molecule has 5 heteroatoms. The number of benzene rings is 3. The monoisotopic (exact) mass is 410 g/mol. The van der Waals surface area contributed by atoms with Crippen molar-refractivity contribution in [2.24, 2.45) is 0 Å². The van der Waals surface area contributed by atoms with Crippen molar-refractivity contribution in [1.82, 2.24) is 0 Å². The van der Waals surface area contributed by atoms with Crippen molar-refractivity contribution >= 4 is 28.5 Å². The molecule has 0 fully saturated rings. The highest BCUT2D eigenvalue weighted by Crippen LogP contribution is 2.29. The Morgan fingerprint density at radius 3 is 2.55 bits per heavy atom. The zero-order chi connectivity index (χ0) is 20.5. The third-order valence-electron chi connectivity index (χ3n) is 4.74. The van der Waals surface area contributed by atoms with Crippen molar-refractivity contribution in [3.05, 3.63) is 77.9 Å². The third kappa shape index (κ3) is 5.99. The molecule has 0 aromatic heterocycles. The first-order valence-electron chi connectivity index (χ1n) is 9.70. The lowest BCUT2D eigenvalue weighted by Crippen LogP contribution is -2.12. The predicted molar refractivity (Wildman–Crippen MR) is 119 cm³/mol. The molecule has 0 radical (unpaired) electrons. The molecule has 1 atom stereocenters. The van der Waals surface area contributed by atoms with Crippen LogP contribution >= 0.6 is 11.8 Å². The Labute approximate surface area is 175 Å². The molecule has 0 heterocycles. The van der Waals surface area contributed by atoms with Gasteiger partial charge in [-0.05, 0) is 41.2 Å². The Balaban J connectivity index is 1.54. The first-order valence-corrected chi connectivity index (χ1v) is 10.9. The number of rotatable bonds is 10. The maximum Gasteiger partial charge on any atom is 0.343 e. The summed E-state index contributed by atoms with van der Waals surface area (Å²) in [5, 5.41) is 12.4. The SMILES string of the molecule is COC(=O)COc1cccc2c(CCCSCC(O)c3ccccc3)cccc12. The average Bonchev–Trinajstić information content (AvgIpc) is 2.77. The van der Waals surface area contributed by atoms with Crippen LogP contribution < -0.4 is 4.74 Å². The maximum atomic E-state index is 11.4. The van der Waals surface area contributed by atoms with Gasteiger partial charge in [-0.25, -0.2) is 4.79 Å². The maximum absolute atomic E-state index is 11.4. The molecule has 0 spiro atoms. The smallest absolute Gasteiger partial charge is 0.343 e. The van der Waals surface area contributed by atoms with E-state index in [-0.39, 0.29) is 6.61 Å². The molecule has 0 amide bonds. The number of carbonyl (C=O) groups is 1. The summed E-state index contributed by atoms with van der Waals surface area (Å²) in [6.07, 6.45) is 1.55. The number of esters is 1. The molecule has 0 aliphatic heterocycles. The number of fused-ring (bicyclic) bond motifs is 1. The van der Waals surface area contributed by atoms with E-state index in [1.54, 1.807) is 11.8 Å². The Morgan fingerprint density at radius 1 is 1.00 bits per heavy atom. The third-order valence-corrected chi connectivity index (χ3v) is 5.87. The Morgan fingerprint density at radius 2 is 1.76 bits per heavy atom. The lowest BCUT2D eigenvalue weighted by atomic mass is 10.0. The number of hydrogen-bond donors (Lipinski definition) is 1. The molecular formula is C24H26O4S. The quantitative estimate of drug-likeness (QED) is 0.385. The minimum atomic E-state index is -0.423. The fourth-order valence-electron chi connectivity index (χ4n) is 3.22. The lowest BCUT2D eigenvalue weighted by Gasteiger charge is -2.12. The Bertz CT molecular complexity index is 927. The molecule has 0 aliphatic rings. The molecule has 4 nitrogen and oxygen atoms in total. The number of aliphatic hydroxyl groups excluding tert-OH is 1. The molecule has 0 bridgehead atoms. The van der Waals surface area contributed by atoms with Crippen LogP contribution in [0.5, 0.6) is 5.75 Å². The van der Waals surface area contributed by atoms with E-state index in [1.807, 2.05) is 54.6 Å². The zero-order valence-electron chi connectivity index (χ0n) is 16.5. The number of carbonyl (C=O) groups excluding carboxylic acids is 1. The van der Waals surface area contributed by atoms with Crippen LogP contribution in [0.25, 0.3) is 10.8 Å². The van der Waals surface area contributed by atoms with Crippen molar-refractivity contribution in [1.29, 1.82) is 0 Å². The number of aryl methyl sites for hydroxylation is 1. The normalized spacial score (nSPS) is 11.9. The van der Waals surface area contributed by atoms with Crippen molar-refractivity contribution in [2.45, 2.75) is 18.9 Å². The number of thioether (sulfide) groups is 1. The Kier molecular flexibility index (Phi) is 7.96. The van der Waals surface area contributed by atoms with Crippen LogP contribution in [0.1, 0.15) is 23.7 Å². The number of aliphatic hydroxyl groups is 1. The van der Waals surface area contributed by atoms with E-state index in [2.05, 4.69) is 16.9 Å². The van der Waals surface area contributed by atoms with E-state index >= 15 is 0 Å². The molecule has 3 aromatic rings. The predicted octanol–water partition coefficient (Wildman–Crippen LogP) is 4.79. The van der Waals surface area contributed by atoms with Gasteiger partial charge in [0.25, 0.3) is 0 Å². The minimum absolute atomic E-state index is 0.0970. The van der Waals surface area contributed by atoms with Gasteiger partial charge in [-0.1, -0.05) is 60.7 Å². The van der Waals surface area contributed by atoms with E-state index in [9.17, 15) is 9.90 Å². The van der Waals surface area contributed by atoms with Gasteiger partial charge in [-0.3, -0.25) is 0 Å². The van der Waals surface area contributed by atoms with Gasteiger partial charge in [-0.15, -0.1) is 0 Å². The zero-order valence-corrected chi connectivity index (χ0v) is 17.4. The van der Waals surface area contributed by atoms with Gasteiger partial charge in [0.05, 0.1) is 13.2 Å². The van der Waals surface area contributed by atoms with Crippen LogP contribution in [-0.4, -0.2) is 36.3 Å². The van der Waals surface area contributed by atoms with Gasteiger partial charge in [-0.2, -0.15) is 11.8 Å². The fourth-order valence-corrected chi connectivity index (χ4v) is 4.15. The number of hydrogen-bond acceptors (Lipinski definition) is 5. The molecule has 0 saturated heterocycles. The Hall–Kier alpha value is -2.50. The lowest BCUT2D eigenvalue weighted by molar-refractivity contribution is -0.142. The highest BCUT2D eigenvalue weighted by atomic mass is 32.2. The highest BCUT2D eigenvalue weighted by molar-refractivity contribution is 7.99. The van der Waals surface area contributed by atoms with Crippen LogP contribution in [0.3, 0.4) is 0 Å². The average molecular weight is 411 g/mol. The highest BCUT2D eigenvalue weighted by Gasteiger charge is 2.09. The van der Waals surface area contributed by atoms with E-state index < -0.39 is 12.1 Å². The van der Waals surface area contributed by atoms with Crippen molar-refractivity contribution in [3.63, 3.8) is 0 Å². The summed E-state index contributed by atoms with van der Waals surface area (Å²) >= 11 is 1.77. The number of methoxy groups -OCH3 is 1. The number of ether oxygens (including phenoxy) is 2. The van der Waals surface area contributed by atoms with Crippen LogP contribution in [0, 0.1) is 0 Å². The van der Waals surface area contributed by atoms with Crippen molar-refractivity contribution < 1.29 is 19.4 Å². The van der Waals surface area contributed by atoms with Gasteiger partial charge in [0.1, 0.15) is 5.75 Å². The van der Waals surface area contributed by atoms with E-state index in [0.29, 0.717) is 11.5 Å². The molecule has 29 heavy (non-hydrogen) atoms. The van der Waals surface area contributed by atoms with Crippen LogP contribution in [0.15, 0.2) is 66.7 Å². The summed E-state index contributed by atoms with van der Waals surface area (Å²) in [6.45, 7) is -0.0970. The summed E-state index contributed by atoms with van der Waals surface area (Å²) in [5.41, 5.74) is 2.23. The molecule has 152 valence electrons. The molecule has 1 N–H and O–H groups in total. The largest absolute Gasteiger partial charge is 0.481 e. The van der Waals surface area contributed by atoms with Crippen molar-refractivity contribution in [2.75, 3.05) is 25.2 Å². The summed E-state index contributed by atoms with van der Waals surface area (Å²) < 4.78 is 10.3. The standard InChI is InChI=1S/C24H26O4S/c1-27-24(26)16-28-23-14-6-12-20-18(10-5-13-21(20)23)11-7-15-29-17-22(25)19-8-3-2-4-9-19/h2-6,8-10,12-14,22,25H,7,11,15-17H2,1H3. The second-order valence-corrected chi connectivity index (χ2v) is 7.89. The van der Waals surface area contributed by atoms with Crippen LogP contribution in [-0.2, 0) is 16.0 Å². The molecular weight excluding hydrogens is 384 g/mol. The molecule has 0 aliphatic carbocycles. The second-order valence-electron chi connectivity index (χ2n) is 6.74. The van der Waals surface area contributed by atoms with Gasteiger partial charge in [0.2, 0.25) is 0 Å². The first-order chi connectivity index (χ1) is 14.2. The summed E-state index contributed by atoms with van der Waals surface area (Å²) in [4.78, 5) is 11.4. The van der Waals surface area contributed by atoms with E-state index in [1.165, 1.54) is 12.7 Å². The van der Waals surface area contributed by atoms with Crippen molar-refractivity contribution in [3.8, 4) is 5.75 Å². The summed E-state index contributed by atoms with van der Waals surface area (Å²) in [5.74, 6) is 1.98. The summed E-state index contributed by atoms with van der Waals surface area (Å²) in [6, 6.07) is 21.9. The molecule has 1 unspecified atom stereocenters. The minimum Gasteiger partial charge on any atom is -0.481 e. The fraction of sp³-hybridized carbons (Fsp3) is 0.292. The molecule has 3 rings (SSSR count). The van der Waals surface area contributed by atoms with Gasteiger partial charge in [0.15, 0.2) is 6.61 Å². The van der Waals surface area contributed by atoms with Gasteiger partial charge < -0.3 is 14.6 Å². The van der Waals surface area contributed by atoms with E-state index in [4.69, 9.17) is 4.74 Å².